The summed E-state index contributed by atoms with van der Waals surface area (Å²) in [5.74, 6) is -2.40. The molecular weight excluding hydrogens is 509 g/mol. The van der Waals surface area contributed by atoms with Gasteiger partial charge >= 0.3 is 12.1 Å². The predicted octanol–water partition coefficient (Wildman–Crippen LogP) is 3.37. The highest BCUT2D eigenvalue weighted by molar-refractivity contribution is 6.01. The molecule has 216 valence electrons. The third-order valence-corrected chi connectivity index (χ3v) is 6.45. The van der Waals surface area contributed by atoms with Crippen LogP contribution in [-0.4, -0.2) is 64.8 Å². The quantitative estimate of drug-likeness (QED) is 0.474. The van der Waals surface area contributed by atoms with E-state index < -0.39 is 53.0 Å². The number of amides is 3. The van der Waals surface area contributed by atoms with Crippen molar-refractivity contribution < 1.29 is 37.8 Å². The fraction of sp³-hybridized carbons (Fsp3) is 0.643. The van der Waals surface area contributed by atoms with E-state index in [1.807, 2.05) is 0 Å². The molecule has 0 radical (unpaired) electrons. The Bertz CT molecular complexity index is 1110. The second kappa shape index (κ2) is 11.9. The lowest BCUT2D eigenvalue weighted by Crippen LogP contribution is -2.49. The number of alkyl carbamates (subject to hydrolysis) is 1. The molecule has 3 amide bonds. The summed E-state index contributed by atoms with van der Waals surface area (Å²) in [5, 5.41) is 2.84. The zero-order chi connectivity index (χ0) is 29.1. The molecule has 1 aromatic rings. The van der Waals surface area contributed by atoms with Crippen molar-refractivity contribution >= 4 is 23.9 Å². The highest BCUT2D eigenvalue weighted by Gasteiger charge is 2.39. The molecule has 0 bridgehead atoms. The van der Waals surface area contributed by atoms with Crippen LogP contribution in [0, 0.1) is 5.82 Å². The van der Waals surface area contributed by atoms with Crippen molar-refractivity contribution in [3.63, 3.8) is 0 Å². The van der Waals surface area contributed by atoms with Crippen LogP contribution in [0.5, 0.6) is 0 Å². The molecule has 1 fully saturated rings. The molecule has 2 aliphatic rings. The predicted molar refractivity (Wildman–Crippen MR) is 140 cm³/mol. The van der Waals surface area contributed by atoms with Crippen LogP contribution >= 0.6 is 0 Å². The standard InChI is InChI=1S/C28H40FN3O7/c1-27(2,3)38-22(33)12-11-20(24(30)34)32-15-18-17(25(32)35)10-9-16(23(18)29)14-21-19(8-7-13-37-21)31-26(36)39-28(4,5)6/h9-10,19-21H,7-8,11-15H2,1-6H3,(H2,30,34)(H,31,36)/t19-,20-,21+/m0/s1. The first kappa shape index (κ1) is 30.3. The van der Waals surface area contributed by atoms with Crippen molar-refractivity contribution in [2.45, 2.75) is 110 Å². The van der Waals surface area contributed by atoms with Gasteiger partial charge in [-0.15, -0.1) is 0 Å². The summed E-state index contributed by atoms with van der Waals surface area (Å²) < 4.78 is 32.2. The molecule has 2 heterocycles. The SMILES string of the molecule is CC(C)(C)OC(=O)CC[C@@H](C(N)=O)N1Cc2c(ccc(C[C@H]3OCCC[C@@H]3NC(=O)OC(C)(C)C)c2F)C1=O. The zero-order valence-corrected chi connectivity index (χ0v) is 23.6. The van der Waals surface area contributed by atoms with E-state index >= 15 is 4.39 Å². The molecule has 10 nitrogen and oxygen atoms in total. The summed E-state index contributed by atoms with van der Waals surface area (Å²) in [6.45, 7) is 10.8. The molecule has 0 aliphatic carbocycles. The van der Waals surface area contributed by atoms with Crippen LogP contribution in [0.15, 0.2) is 12.1 Å². The van der Waals surface area contributed by atoms with Gasteiger partial charge in [-0.1, -0.05) is 6.07 Å². The zero-order valence-electron chi connectivity index (χ0n) is 23.6. The highest BCUT2D eigenvalue weighted by atomic mass is 19.1. The van der Waals surface area contributed by atoms with Crippen LogP contribution in [-0.2, 0) is 36.8 Å². The Kier molecular flexibility index (Phi) is 9.25. The number of rotatable bonds is 8. The number of halogens is 1. The Labute approximate surface area is 228 Å². The number of nitrogens with zero attached hydrogens (tertiary/aromatic N) is 1. The van der Waals surface area contributed by atoms with Crippen molar-refractivity contribution in [1.29, 1.82) is 0 Å². The molecule has 3 atom stereocenters. The third-order valence-electron chi connectivity index (χ3n) is 6.45. The van der Waals surface area contributed by atoms with Gasteiger partial charge in [0, 0.05) is 30.6 Å². The van der Waals surface area contributed by atoms with Gasteiger partial charge in [0.05, 0.1) is 18.7 Å². The number of hydrogen-bond donors (Lipinski definition) is 2. The van der Waals surface area contributed by atoms with E-state index in [-0.39, 0.29) is 43.0 Å². The number of ether oxygens (including phenoxy) is 3. The summed E-state index contributed by atoms with van der Waals surface area (Å²) in [6.07, 6.45) is 0.356. The van der Waals surface area contributed by atoms with Crippen LogP contribution in [0.25, 0.3) is 0 Å². The molecule has 1 aromatic carbocycles. The number of carbonyl (C=O) groups excluding carboxylic acids is 4. The van der Waals surface area contributed by atoms with Crippen molar-refractivity contribution in [3.8, 4) is 0 Å². The van der Waals surface area contributed by atoms with E-state index in [0.29, 0.717) is 18.6 Å². The van der Waals surface area contributed by atoms with Gasteiger partial charge in [-0.25, -0.2) is 9.18 Å². The number of primary amides is 1. The van der Waals surface area contributed by atoms with E-state index in [1.54, 1.807) is 41.5 Å². The lowest BCUT2D eigenvalue weighted by atomic mass is 9.94. The number of carbonyl (C=O) groups is 4. The molecule has 3 N–H and O–H groups in total. The second-order valence-corrected chi connectivity index (χ2v) is 12.0. The Morgan fingerprint density at radius 2 is 1.82 bits per heavy atom. The maximum Gasteiger partial charge on any atom is 0.407 e. The molecular formula is C28H40FN3O7. The lowest BCUT2D eigenvalue weighted by Gasteiger charge is -2.33. The maximum absolute atomic E-state index is 15.7. The Morgan fingerprint density at radius 3 is 2.44 bits per heavy atom. The average molecular weight is 550 g/mol. The van der Waals surface area contributed by atoms with Crippen molar-refractivity contribution in [2.24, 2.45) is 5.73 Å². The second-order valence-electron chi connectivity index (χ2n) is 12.0. The normalized spacial score (nSPS) is 20.3. The van der Waals surface area contributed by atoms with Gasteiger partial charge in [0.2, 0.25) is 5.91 Å². The molecule has 0 spiro atoms. The number of hydrogen-bond acceptors (Lipinski definition) is 7. The topological polar surface area (TPSA) is 137 Å². The monoisotopic (exact) mass is 549 g/mol. The molecule has 39 heavy (non-hydrogen) atoms. The Balaban J connectivity index is 1.73. The van der Waals surface area contributed by atoms with Gasteiger partial charge in [0.25, 0.3) is 5.91 Å². The van der Waals surface area contributed by atoms with Gasteiger partial charge in [0.1, 0.15) is 23.1 Å². The minimum atomic E-state index is -1.09. The first-order valence-electron chi connectivity index (χ1n) is 13.3. The van der Waals surface area contributed by atoms with Gasteiger partial charge in [-0.2, -0.15) is 0 Å². The van der Waals surface area contributed by atoms with Crippen LogP contribution in [0.1, 0.15) is 88.7 Å². The smallest absolute Gasteiger partial charge is 0.407 e. The fourth-order valence-corrected chi connectivity index (χ4v) is 4.81. The number of nitrogens with two attached hydrogens (primary N) is 1. The van der Waals surface area contributed by atoms with Crippen LogP contribution in [0.4, 0.5) is 9.18 Å². The van der Waals surface area contributed by atoms with Crippen molar-refractivity contribution in [3.05, 3.63) is 34.6 Å². The van der Waals surface area contributed by atoms with Gasteiger partial charge in [-0.05, 0) is 72.4 Å². The molecule has 0 aromatic heterocycles. The van der Waals surface area contributed by atoms with Gasteiger partial charge < -0.3 is 30.2 Å². The van der Waals surface area contributed by atoms with Crippen molar-refractivity contribution in [1.82, 2.24) is 10.2 Å². The molecule has 0 unspecified atom stereocenters. The third kappa shape index (κ3) is 8.14. The Morgan fingerprint density at radius 1 is 1.15 bits per heavy atom. The molecule has 1 saturated heterocycles. The molecule has 0 saturated carbocycles. The fourth-order valence-electron chi connectivity index (χ4n) is 4.81. The number of nitrogens with one attached hydrogen (secondary N) is 1. The largest absolute Gasteiger partial charge is 0.460 e. The summed E-state index contributed by atoms with van der Waals surface area (Å²) in [7, 11) is 0. The Hall–Kier alpha value is -3.21. The average Bonchev–Trinajstić information content (AvgIpc) is 3.11. The highest BCUT2D eigenvalue weighted by Crippen LogP contribution is 2.31. The van der Waals surface area contributed by atoms with E-state index in [2.05, 4.69) is 5.32 Å². The van der Waals surface area contributed by atoms with Crippen LogP contribution < -0.4 is 11.1 Å². The molecule has 2 aliphatic heterocycles. The van der Waals surface area contributed by atoms with Crippen LogP contribution in [0.3, 0.4) is 0 Å². The van der Waals surface area contributed by atoms with E-state index in [9.17, 15) is 19.2 Å². The van der Waals surface area contributed by atoms with Gasteiger partial charge in [0.15, 0.2) is 0 Å². The van der Waals surface area contributed by atoms with Crippen LogP contribution in [0.2, 0.25) is 0 Å². The summed E-state index contributed by atoms with van der Waals surface area (Å²) in [5.41, 5.74) is 4.86. The molecule has 3 rings (SSSR count). The minimum Gasteiger partial charge on any atom is -0.460 e. The number of esters is 1. The maximum atomic E-state index is 15.7. The minimum absolute atomic E-state index is 0.0353. The number of fused-ring (bicyclic) bond motifs is 1. The lowest BCUT2D eigenvalue weighted by molar-refractivity contribution is -0.155. The number of benzene rings is 1. The summed E-state index contributed by atoms with van der Waals surface area (Å²) >= 11 is 0. The molecule has 11 heteroatoms. The van der Waals surface area contributed by atoms with E-state index in [0.717, 1.165) is 6.42 Å². The van der Waals surface area contributed by atoms with Gasteiger partial charge in [-0.3, -0.25) is 14.4 Å². The summed E-state index contributed by atoms with van der Waals surface area (Å²) in [6, 6.07) is 1.59. The summed E-state index contributed by atoms with van der Waals surface area (Å²) in [4.78, 5) is 51.0. The van der Waals surface area contributed by atoms with Crippen molar-refractivity contribution in [2.75, 3.05) is 6.61 Å². The first-order chi connectivity index (χ1) is 18.1. The first-order valence-corrected chi connectivity index (χ1v) is 13.3. The van der Waals surface area contributed by atoms with E-state index in [4.69, 9.17) is 19.9 Å². The van der Waals surface area contributed by atoms with E-state index in [1.165, 1.54) is 17.0 Å².